The summed E-state index contributed by atoms with van der Waals surface area (Å²) in [7, 11) is 0. The first-order chi connectivity index (χ1) is 12.9. The largest absolute Gasteiger partial charge is 0.460 e. The lowest BCUT2D eigenvalue weighted by Gasteiger charge is -2.25. The molecule has 1 amide bonds. The van der Waals surface area contributed by atoms with Crippen LogP contribution in [0.3, 0.4) is 0 Å². The highest BCUT2D eigenvalue weighted by Gasteiger charge is 2.29. The van der Waals surface area contributed by atoms with Crippen molar-refractivity contribution in [2.24, 2.45) is 11.8 Å². The molecule has 28 heavy (non-hydrogen) atoms. The Bertz CT molecular complexity index is 673. The minimum Gasteiger partial charge on any atom is -0.460 e. The summed E-state index contributed by atoms with van der Waals surface area (Å²) in [6.07, 6.45) is 0.163. The monoisotopic (exact) mass is 391 g/mol. The minimum absolute atomic E-state index is 0.0235. The van der Waals surface area contributed by atoms with Gasteiger partial charge in [0.1, 0.15) is 5.60 Å². The van der Waals surface area contributed by atoms with Crippen molar-refractivity contribution < 1.29 is 24.2 Å². The quantitative estimate of drug-likeness (QED) is 0.632. The summed E-state index contributed by atoms with van der Waals surface area (Å²) in [6.45, 7) is 10.7. The van der Waals surface area contributed by atoms with Gasteiger partial charge >= 0.3 is 5.97 Å². The van der Waals surface area contributed by atoms with E-state index in [1.165, 1.54) is 0 Å². The fourth-order valence-corrected chi connectivity index (χ4v) is 2.71. The molecule has 2 atom stereocenters. The van der Waals surface area contributed by atoms with Crippen LogP contribution in [0.4, 0.5) is 0 Å². The van der Waals surface area contributed by atoms with Crippen molar-refractivity contribution in [2.75, 3.05) is 0 Å². The van der Waals surface area contributed by atoms with Crippen molar-refractivity contribution in [1.29, 1.82) is 0 Å². The third kappa shape index (κ3) is 8.21. The number of benzene rings is 1. The van der Waals surface area contributed by atoms with Crippen LogP contribution in [0.2, 0.25) is 0 Å². The molecule has 1 aromatic rings. The second kappa shape index (κ2) is 10.4. The minimum atomic E-state index is -0.662. The number of aliphatic hydroxyl groups is 1. The molecule has 0 fully saturated rings. The first kappa shape index (κ1) is 23.8. The van der Waals surface area contributed by atoms with E-state index in [4.69, 9.17) is 9.84 Å². The van der Waals surface area contributed by atoms with Gasteiger partial charge in [-0.15, -0.1) is 0 Å². The Morgan fingerprint density at radius 2 is 1.57 bits per heavy atom. The lowest BCUT2D eigenvalue weighted by atomic mass is 9.91. The second-order valence-corrected chi connectivity index (χ2v) is 8.49. The van der Waals surface area contributed by atoms with Crippen LogP contribution in [-0.2, 0) is 32.1 Å². The van der Waals surface area contributed by atoms with Crippen LogP contribution < -0.4 is 5.32 Å². The molecule has 0 spiro atoms. The molecule has 0 saturated heterocycles. The maximum absolute atomic E-state index is 12.6. The van der Waals surface area contributed by atoms with Crippen LogP contribution in [-0.4, -0.2) is 34.4 Å². The summed E-state index contributed by atoms with van der Waals surface area (Å²) < 4.78 is 5.32. The highest BCUT2D eigenvalue weighted by molar-refractivity contribution is 5.91. The summed E-state index contributed by atoms with van der Waals surface area (Å²) in [5.74, 6) is -1.50. The molecular formula is C22H33NO5. The molecule has 156 valence electrons. The Morgan fingerprint density at radius 1 is 1.04 bits per heavy atom. The number of rotatable bonds is 9. The molecule has 0 aliphatic carbocycles. The van der Waals surface area contributed by atoms with Gasteiger partial charge in [-0.05, 0) is 44.7 Å². The Labute approximate surface area is 167 Å². The molecule has 1 aromatic carbocycles. The van der Waals surface area contributed by atoms with Gasteiger partial charge in [0.15, 0.2) is 5.78 Å². The number of Topliss-reactive ketones (excluding diaryl/α,β-unsaturated/α-hetero) is 1. The van der Waals surface area contributed by atoms with Gasteiger partial charge in [0.05, 0.1) is 25.0 Å². The lowest BCUT2D eigenvalue weighted by Crippen LogP contribution is -2.44. The zero-order chi connectivity index (χ0) is 21.5. The number of carbonyl (C=O) groups is 3. The molecular weight excluding hydrogens is 358 g/mol. The molecule has 0 bridgehead atoms. The zero-order valence-corrected chi connectivity index (χ0v) is 17.7. The van der Waals surface area contributed by atoms with E-state index in [0.717, 1.165) is 11.1 Å². The van der Waals surface area contributed by atoms with Crippen molar-refractivity contribution in [3.05, 3.63) is 35.4 Å². The molecule has 6 heteroatoms. The standard InChI is InChI=1S/C22H33NO5/c1-14(2)18(12-20(26)28-22(4,5)6)21(27)23-15(3)19(25)11-16-7-9-17(13-24)10-8-16/h7-10,14-15,18,24H,11-13H2,1-6H3,(H,23,27)/t15-,18?/m1/s1. The maximum atomic E-state index is 12.6. The topological polar surface area (TPSA) is 92.7 Å². The van der Waals surface area contributed by atoms with Gasteiger partial charge in [-0.3, -0.25) is 14.4 Å². The number of hydrogen-bond donors (Lipinski definition) is 2. The SMILES string of the molecule is CC(C)C(CC(=O)OC(C)(C)C)C(=O)N[C@H](C)C(=O)Cc1ccc(CO)cc1. The average Bonchev–Trinajstić information content (AvgIpc) is 2.58. The van der Waals surface area contributed by atoms with Crippen molar-refractivity contribution >= 4 is 17.7 Å². The predicted molar refractivity (Wildman–Crippen MR) is 107 cm³/mol. The normalized spacial score (nSPS) is 13.7. The van der Waals surface area contributed by atoms with E-state index in [-0.39, 0.29) is 37.1 Å². The summed E-state index contributed by atoms with van der Waals surface area (Å²) in [6, 6.07) is 6.45. The number of hydrogen-bond acceptors (Lipinski definition) is 5. The van der Waals surface area contributed by atoms with E-state index in [2.05, 4.69) is 5.32 Å². The van der Waals surface area contributed by atoms with E-state index in [1.807, 2.05) is 13.8 Å². The molecule has 0 aromatic heterocycles. The van der Waals surface area contributed by atoms with Gasteiger partial charge in [0.2, 0.25) is 5.91 Å². The van der Waals surface area contributed by atoms with E-state index in [9.17, 15) is 14.4 Å². The van der Waals surface area contributed by atoms with Gasteiger partial charge in [-0.2, -0.15) is 0 Å². The van der Waals surface area contributed by atoms with Crippen molar-refractivity contribution in [2.45, 2.75) is 72.6 Å². The van der Waals surface area contributed by atoms with Gasteiger partial charge in [0.25, 0.3) is 0 Å². The fraction of sp³-hybridized carbons (Fsp3) is 0.591. The van der Waals surface area contributed by atoms with Crippen LogP contribution in [0.1, 0.15) is 59.1 Å². The zero-order valence-electron chi connectivity index (χ0n) is 17.7. The first-order valence-electron chi connectivity index (χ1n) is 9.66. The third-order valence-corrected chi connectivity index (χ3v) is 4.37. The van der Waals surface area contributed by atoms with Crippen molar-refractivity contribution in [1.82, 2.24) is 5.32 Å². The number of amides is 1. The highest BCUT2D eigenvalue weighted by Crippen LogP contribution is 2.19. The first-order valence-corrected chi connectivity index (χ1v) is 9.66. The number of ether oxygens (including phenoxy) is 1. The smallest absolute Gasteiger partial charge is 0.307 e. The Kier molecular flexibility index (Phi) is 8.82. The molecule has 0 radical (unpaired) electrons. The lowest BCUT2D eigenvalue weighted by molar-refractivity contribution is -0.158. The molecule has 0 aliphatic heterocycles. The van der Waals surface area contributed by atoms with Gasteiger partial charge < -0.3 is 15.2 Å². The predicted octanol–water partition coefficient (Wildman–Crippen LogP) is 2.80. The Morgan fingerprint density at radius 3 is 2.04 bits per heavy atom. The van der Waals surface area contributed by atoms with Gasteiger partial charge in [-0.25, -0.2) is 0 Å². The Hall–Kier alpha value is -2.21. The van der Waals surface area contributed by atoms with E-state index < -0.39 is 23.5 Å². The van der Waals surface area contributed by atoms with Crippen LogP contribution in [0.5, 0.6) is 0 Å². The third-order valence-electron chi connectivity index (χ3n) is 4.37. The summed E-state index contributed by atoms with van der Waals surface area (Å²) in [4.78, 5) is 37.2. The Balaban J connectivity index is 2.67. The van der Waals surface area contributed by atoms with E-state index in [1.54, 1.807) is 52.0 Å². The maximum Gasteiger partial charge on any atom is 0.307 e. The molecule has 0 saturated carbocycles. The van der Waals surface area contributed by atoms with E-state index >= 15 is 0 Å². The molecule has 0 aliphatic rings. The summed E-state index contributed by atoms with van der Waals surface area (Å²) >= 11 is 0. The molecule has 2 N–H and O–H groups in total. The number of aliphatic hydroxyl groups excluding tert-OH is 1. The van der Waals surface area contributed by atoms with Crippen molar-refractivity contribution in [3.8, 4) is 0 Å². The second-order valence-electron chi connectivity index (χ2n) is 8.49. The molecule has 6 nitrogen and oxygen atoms in total. The van der Waals surface area contributed by atoms with Crippen LogP contribution in [0, 0.1) is 11.8 Å². The number of ketones is 1. The van der Waals surface area contributed by atoms with Gasteiger partial charge in [0, 0.05) is 6.42 Å². The summed E-state index contributed by atoms with van der Waals surface area (Å²) in [5.41, 5.74) is 0.987. The number of carbonyl (C=O) groups excluding carboxylic acids is 3. The highest BCUT2D eigenvalue weighted by atomic mass is 16.6. The fourth-order valence-electron chi connectivity index (χ4n) is 2.71. The van der Waals surface area contributed by atoms with Crippen LogP contribution in [0.25, 0.3) is 0 Å². The van der Waals surface area contributed by atoms with Crippen molar-refractivity contribution in [3.63, 3.8) is 0 Å². The molecule has 1 rings (SSSR count). The number of esters is 1. The number of nitrogens with one attached hydrogen (secondary N) is 1. The molecule has 1 unspecified atom stereocenters. The van der Waals surface area contributed by atoms with Crippen LogP contribution >= 0.6 is 0 Å². The van der Waals surface area contributed by atoms with Gasteiger partial charge in [-0.1, -0.05) is 38.1 Å². The average molecular weight is 392 g/mol. The summed E-state index contributed by atoms with van der Waals surface area (Å²) in [5, 5.41) is 11.8. The molecule has 0 heterocycles. The van der Waals surface area contributed by atoms with E-state index in [0.29, 0.717) is 0 Å². The van der Waals surface area contributed by atoms with Crippen LogP contribution in [0.15, 0.2) is 24.3 Å².